The Kier molecular flexibility index (Phi) is 5.57. The molecule has 0 saturated carbocycles. The van der Waals surface area contributed by atoms with E-state index in [4.69, 9.17) is 4.74 Å². The van der Waals surface area contributed by atoms with Gasteiger partial charge in [0.05, 0.1) is 21.8 Å². The Hall–Kier alpha value is -3.50. The minimum Gasteiger partial charge on any atom is -0.478 e. The molecule has 0 amide bonds. The van der Waals surface area contributed by atoms with E-state index in [1.54, 1.807) is 18.2 Å². The number of carboxylic acids is 1. The summed E-state index contributed by atoms with van der Waals surface area (Å²) in [7, 11) is -2.65. The number of aromatic carboxylic acids is 1. The molecule has 1 heterocycles. The number of anilines is 2. The molecule has 3 N–H and O–H groups in total. The van der Waals surface area contributed by atoms with E-state index in [1.165, 1.54) is 19.2 Å². The average Bonchev–Trinajstić information content (AvgIpc) is 2.77. The van der Waals surface area contributed by atoms with Crippen molar-refractivity contribution in [3.05, 3.63) is 76.9 Å². The Bertz CT molecular complexity index is 1340. The Morgan fingerprint density at radius 2 is 1.69 bits per heavy atom. The molecular formula is C22H18F2N2O5S. The molecule has 0 saturated heterocycles. The molecule has 0 radical (unpaired) electrons. The Morgan fingerprint density at radius 3 is 2.34 bits per heavy atom. The highest BCUT2D eigenvalue weighted by Gasteiger charge is 2.27. The lowest BCUT2D eigenvalue weighted by Gasteiger charge is -2.24. The fourth-order valence-electron chi connectivity index (χ4n) is 3.40. The van der Waals surface area contributed by atoms with Crippen LogP contribution in [0.5, 0.6) is 11.5 Å². The van der Waals surface area contributed by atoms with Crippen LogP contribution in [0.4, 0.5) is 20.2 Å². The Labute approximate surface area is 182 Å². The van der Waals surface area contributed by atoms with Crippen LogP contribution in [-0.2, 0) is 22.9 Å². The Morgan fingerprint density at radius 1 is 1.00 bits per heavy atom. The first-order valence-corrected chi connectivity index (χ1v) is 11.0. The summed E-state index contributed by atoms with van der Waals surface area (Å²) >= 11 is 0. The predicted octanol–water partition coefficient (Wildman–Crippen LogP) is 4.21. The molecule has 32 heavy (non-hydrogen) atoms. The van der Waals surface area contributed by atoms with Crippen molar-refractivity contribution in [2.45, 2.75) is 17.7 Å². The van der Waals surface area contributed by atoms with Crippen molar-refractivity contribution in [3.63, 3.8) is 0 Å². The molecule has 1 aliphatic rings. The lowest BCUT2D eigenvalue weighted by molar-refractivity contribution is 0.0697. The number of hydrogen-bond acceptors (Lipinski definition) is 5. The summed E-state index contributed by atoms with van der Waals surface area (Å²) in [4.78, 5) is 11.5. The van der Waals surface area contributed by atoms with Gasteiger partial charge < -0.3 is 15.2 Å². The highest BCUT2D eigenvalue weighted by Crippen LogP contribution is 2.45. The Balaban J connectivity index is 1.62. The number of fused-ring (bicyclic) bond motifs is 2. The fourth-order valence-corrected chi connectivity index (χ4v) is 4.17. The molecule has 0 bridgehead atoms. The SMILES string of the molecule is CNS(=O)(=O)c1cc2c(c(C(=O)O)c1)Nc1cc(CCc3ccc(F)c(F)c3)ccc1O2. The first kappa shape index (κ1) is 21.7. The van der Waals surface area contributed by atoms with Gasteiger partial charge in [0, 0.05) is 6.07 Å². The highest BCUT2D eigenvalue weighted by molar-refractivity contribution is 7.89. The van der Waals surface area contributed by atoms with Gasteiger partial charge in [-0.3, -0.25) is 0 Å². The number of hydrogen-bond donors (Lipinski definition) is 3. The van der Waals surface area contributed by atoms with Gasteiger partial charge in [0.25, 0.3) is 0 Å². The van der Waals surface area contributed by atoms with Crippen molar-refractivity contribution >= 4 is 27.4 Å². The molecule has 3 aromatic carbocycles. The maximum absolute atomic E-state index is 13.4. The van der Waals surface area contributed by atoms with E-state index in [-0.39, 0.29) is 21.9 Å². The number of sulfonamides is 1. The topological polar surface area (TPSA) is 105 Å². The predicted molar refractivity (Wildman–Crippen MR) is 113 cm³/mol. The number of rotatable bonds is 6. The van der Waals surface area contributed by atoms with Crippen LogP contribution in [-0.4, -0.2) is 26.5 Å². The third-order valence-corrected chi connectivity index (χ3v) is 6.49. The van der Waals surface area contributed by atoms with Gasteiger partial charge in [-0.15, -0.1) is 0 Å². The number of halogens is 2. The van der Waals surface area contributed by atoms with E-state index in [9.17, 15) is 27.1 Å². The average molecular weight is 460 g/mol. The summed E-state index contributed by atoms with van der Waals surface area (Å²) in [5.41, 5.74) is 1.89. The van der Waals surface area contributed by atoms with Gasteiger partial charge in [0.15, 0.2) is 23.1 Å². The van der Waals surface area contributed by atoms with Gasteiger partial charge in [-0.05, 0) is 61.3 Å². The third-order valence-electron chi connectivity index (χ3n) is 5.10. The maximum atomic E-state index is 13.4. The zero-order valence-corrected chi connectivity index (χ0v) is 17.6. The summed E-state index contributed by atoms with van der Waals surface area (Å²) in [5, 5.41) is 12.6. The van der Waals surface area contributed by atoms with Crippen molar-refractivity contribution < 1.29 is 31.8 Å². The molecule has 4 rings (SSSR count). The highest BCUT2D eigenvalue weighted by atomic mass is 32.2. The van der Waals surface area contributed by atoms with E-state index in [0.29, 0.717) is 29.8 Å². The number of ether oxygens (including phenoxy) is 1. The number of nitrogens with one attached hydrogen (secondary N) is 2. The first-order valence-electron chi connectivity index (χ1n) is 9.54. The molecule has 1 aliphatic heterocycles. The number of benzene rings is 3. The summed E-state index contributed by atoms with van der Waals surface area (Å²) in [5.74, 6) is -2.66. The van der Waals surface area contributed by atoms with Crippen LogP contribution in [0.15, 0.2) is 53.4 Å². The molecule has 0 fully saturated rings. The van der Waals surface area contributed by atoms with Crippen molar-refractivity contribution in [3.8, 4) is 11.5 Å². The van der Waals surface area contributed by atoms with Gasteiger partial charge in [0.1, 0.15) is 0 Å². The van der Waals surface area contributed by atoms with Gasteiger partial charge in [-0.25, -0.2) is 26.7 Å². The molecule has 0 aromatic heterocycles. The minimum atomic E-state index is -3.88. The zero-order chi connectivity index (χ0) is 23.0. The van der Waals surface area contributed by atoms with Gasteiger partial charge in [0.2, 0.25) is 10.0 Å². The van der Waals surface area contributed by atoms with Crippen LogP contribution in [0.3, 0.4) is 0 Å². The smallest absolute Gasteiger partial charge is 0.338 e. The summed E-state index contributed by atoms with van der Waals surface area (Å²) in [6, 6.07) is 11.3. The fraction of sp³-hybridized carbons (Fsp3) is 0.136. The van der Waals surface area contributed by atoms with Gasteiger partial charge in [-0.2, -0.15) is 0 Å². The molecule has 0 aliphatic carbocycles. The van der Waals surface area contributed by atoms with E-state index in [1.807, 2.05) is 0 Å². The second kappa shape index (κ2) is 8.21. The second-order valence-corrected chi connectivity index (χ2v) is 9.05. The molecule has 0 spiro atoms. The summed E-state index contributed by atoms with van der Waals surface area (Å²) < 4.78 is 58.8. The number of carboxylic acid groups (broad SMARTS) is 1. The van der Waals surface area contributed by atoms with Crippen LogP contribution in [0.2, 0.25) is 0 Å². The van der Waals surface area contributed by atoms with Crippen LogP contribution in [0.1, 0.15) is 21.5 Å². The van der Waals surface area contributed by atoms with Crippen LogP contribution in [0.25, 0.3) is 0 Å². The minimum absolute atomic E-state index is 0.0702. The second-order valence-electron chi connectivity index (χ2n) is 7.16. The molecule has 0 atom stereocenters. The largest absolute Gasteiger partial charge is 0.478 e. The monoisotopic (exact) mass is 460 g/mol. The number of carbonyl (C=O) groups is 1. The molecule has 166 valence electrons. The number of aryl methyl sites for hydroxylation is 2. The van der Waals surface area contributed by atoms with Crippen molar-refractivity contribution in [2.75, 3.05) is 12.4 Å². The molecule has 10 heteroatoms. The van der Waals surface area contributed by atoms with E-state index in [2.05, 4.69) is 10.0 Å². The first-order chi connectivity index (χ1) is 15.2. The molecule has 3 aromatic rings. The van der Waals surface area contributed by atoms with Gasteiger partial charge in [-0.1, -0.05) is 12.1 Å². The summed E-state index contributed by atoms with van der Waals surface area (Å²) in [6.45, 7) is 0. The van der Waals surface area contributed by atoms with Crippen molar-refractivity contribution in [2.24, 2.45) is 0 Å². The van der Waals surface area contributed by atoms with E-state index in [0.717, 1.165) is 23.8 Å². The molecule has 7 nitrogen and oxygen atoms in total. The van der Waals surface area contributed by atoms with Crippen LogP contribution >= 0.6 is 0 Å². The normalized spacial score (nSPS) is 12.3. The van der Waals surface area contributed by atoms with Crippen LogP contribution in [0, 0.1) is 11.6 Å². The van der Waals surface area contributed by atoms with Crippen molar-refractivity contribution in [1.29, 1.82) is 0 Å². The third kappa shape index (κ3) is 4.14. The summed E-state index contributed by atoms with van der Waals surface area (Å²) in [6.07, 6.45) is 0.997. The zero-order valence-electron chi connectivity index (χ0n) is 16.8. The van der Waals surface area contributed by atoms with E-state index >= 15 is 0 Å². The lowest BCUT2D eigenvalue weighted by atomic mass is 10.0. The maximum Gasteiger partial charge on any atom is 0.338 e. The van der Waals surface area contributed by atoms with Crippen LogP contribution < -0.4 is 14.8 Å². The van der Waals surface area contributed by atoms with E-state index < -0.39 is 27.6 Å². The van der Waals surface area contributed by atoms with Gasteiger partial charge >= 0.3 is 5.97 Å². The lowest BCUT2D eigenvalue weighted by Crippen LogP contribution is -2.20. The molecule has 0 unspecified atom stereocenters. The standard InChI is InChI=1S/C22H18F2N2O5S/c1-25-32(29,30)14-10-15(22(27)28)21-20(11-14)31-19-7-5-13(9-18(19)26-21)3-2-12-4-6-16(23)17(24)8-12/h4-11,25-26H,2-3H2,1H3,(H,27,28). The quantitative estimate of drug-likeness (QED) is 0.398. The molecular weight excluding hydrogens is 442 g/mol. The van der Waals surface area contributed by atoms with Crippen molar-refractivity contribution in [1.82, 2.24) is 4.72 Å².